The summed E-state index contributed by atoms with van der Waals surface area (Å²) in [7, 11) is 0. The van der Waals surface area contributed by atoms with E-state index < -0.39 is 0 Å². The summed E-state index contributed by atoms with van der Waals surface area (Å²) in [5.41, 5.74) is 1.08. The van der Waals surface area contributed by atoms with E-state index in [2.05, 4.69) is 15.9 Å². The molecule has 21 heavy (non-hydrogen) atoms. The Balaban J connectivity index is 2.21. The standard InChI is InChI=1S/C17H9BrCl2O/c18-15-8-7-13(11-3-1-2-4-12(11)15)17(21)14-6-5-10(19)9-16(14)20/h1-9H. The van der Waals surface area contributed by atoms with Gasteiger partial charge in [0.1, 0.15) is 0 Å². The average Bonchev–Trinajstić information content (AvgIpc) is 2.47. The number of hydrogen-bond acceptors (Lipinski definition) is 1. The zero-order valence-corrected chi connectivity index (χ0v) is 13.8. The molecule has 0 saturated heterocycles. The molecule has 3 aromatic rings. The second-order valence-corrected chi connectivity index (χ2v) is 6.29. The SMILES string of the molecule is O=C(c1ccc(Cl)cc1Cl)c1ccc(Br)c2ccccc12. The van der Waals surface area contributed by atoms with Gasteiger partial charge in [-0.25, -0.2) is 0 Å². The van der Waals surface area contributed by atoms with Crippen LogP contribution in [0, 0.1) is 0 Å². The number of rotatable bonds is 2. The Hall–Kier alpha value is -1.35. The lowest BCUT2D eigenvalue weighted by molar-refractivity contribution is 0.104. The summed E-state index contributed by atoms with van der Waals surface area (Å²) in [5, 5.41) is 2.76. The lowest BCUT2D eigenvalue weighted by Gasteiger charge is -2.09. The summed E-state index contributed by atoms with van der Waals surface area (Å²) in [5.74, 6) is -0.111. The predicted octanol–water partition coefficient (Wildman–Crippen LogP) is 6.14. The Kier molecular flexibility index (Phi) is 4.03. The quantitative estimate of drug-likeness (QED) is 0.488. The van der Waals surface area contributed by atoms with E-state index in [1.165, 1.54) is 0 Å². The number of ketones is 1. The molecule has 104 valence electrons. The molecule has 3 aromatic carbocycles. The van der Waals surface area contributed by atoms with E-state index in [4.69, 9.17) is 23.2 Å². The van der Waals surface area contributed by atoms with Crippen molar-refractivity contribution in [2.24, 2.45) is 0 Å². The second kappa shape index (κ2) is 5.80. The van der Waals surface area contributed by atoms with Crippen LogP contribution in [0.25, 0.3) is 10.8 Å². The first-order valence-corrected chi connectivity index (χ1v) is 7.80. The number of benzene rings is 3. The van der Waals surface area contributed by atoms with E-state index in [0.29, 0.717) is 21.2 Å². The summed E-state index contributed by atoms with van der Waals surface area (Å²) < 4.78 is 0.955. The lowest BCUT2D eigenvalue weighted by atomic mass is 9.97. The first-order chi connectivity index (χ1) is 10.1. The molecule has 0 aromatic heterocycles. The van der Waals surface area contributed by atoms with Gasteiger partial charge in [-0.3, -0.25) is 4.79 Å². The van der Waals surface area contributed by atoms with E-state index in [-0.39, 0.29) is 5.78 Å². The molecule has 1 nitrogen and oxygen atoms in total. The van der Waals surface area contributed by atoms with Gasteiger partial charge in [0.2, 0.25) is 0 Å². The highest BCUT2D eigenvalue weighted by Crippen LogP contribution is 2.30. The number of fused-ring (bicyclic) bond motifs is 1. The number of carbonyl (C=O) groups is 1. The largest absolute Gasteiger partial charge is 0.289 e. The number of halogens is 3. The van der Waals surface area contributed by atoms with E-state index in [9.17, 15) is 4.79 Å². The normalized spacial score (nSPS) is 10.8. The molecule has 0 N–H and O–H groups in total. The zero-order chi connectivity index (χ0) is 15.0. The van der Waals surface area contributed by atoms with E-state index in [1.807, 2.05) is 30.3 Å². The lowest BCUT2D eigenvalue weighted by Crippen LogP contribution is -2.03. The van der Waals surface area contributed by atoms with Crippen molar-refractivity contribution < 1.29 is 4.79 Å². The van der Waals surface area contributed by atoms with Crippen LogP contribution in [0.5, 0.6) is 0 Å². The second-order valence-electron chi connectivity index (χ2n) is 4.59. The fraction of sp³-hybridized carbons (Fsp3) is 0. The van der Waals surface area contributed by atoms with Crippen molar-refractivity contribution in [1.82, 2.24) is 0 Å². The third-order valence-electron chi connectivity index (χ3n) is 3.29. The molecule has 0 atom stereocenters. The first-order valence-electron chi connectivity index (χ1n) is 6.25. The molecule has 0 fully saturated rings. The van der Waals surface area contributed by atoms with Crippen molar-refractivity contribution in [3.8, 4) is 0 Å². The van der Waals surface area contributed by atoms with Gasteiger partial charge in [0.15, 0.2) is 5.78 Å². The highest BCUT2D eigenvalue weighted by Gasteiger charge is 2.16. The summed E-state index contributed by atoms with van der Waals surface area (Å²) in [6.45, 7) is 0. The molecule has 3 rings (SSSR count). The molecule has 0 spiro atoms. The van der Waals surface area contributed by atoms with Crippen LogP contribution < -0.4 is 0 Å². The van der Waals surface area contributed by atoms with Gasteiger partial charge in [-0.2, -0.15) is 0 Å². The molecular weight excluding hydrogens is 371 g/mol. The van der Waals surface area contributed by atoms with Crippen LogP contribution in [-0.4, -0.2) is 5.78 Å². The Morgan fingerprint density at radius 2 is 1.52 bits per heavy atom. The van der Waals surface area contributed by atoms with Gasteiger partial charge < -0.3 is 0 Å². The van der Waals surface area contributed by atoms with Gasteiger partial charge in [-0.05, 0) is 41.1 Å². The van der Waals surface area contributed by atoms with Crippen molar-refractivity contribution >= 4 is 55.7 Å². The van der Waals surface area contributed by atoms with Gasteiger partial charge in [0, 0.05) is 20.6 Å². The van der Waals surface area contributed by atoms with E-state index in [1.54, 1.807) is 24.3 Å². The average molecular weight is 380 g/mol. The fourth-order valence-electron chi connectivity index (χ4n) is 2.28. The number of hydrogen-bond donors (Lipinski definition) is 0. The van der Waals surface area contributed by atoms with Crippen LogP contribution in [0.2, 0.25) is 10.0 Å². The van der Waals surface area contributed by atoms with Gasteiger partial charge in [0.05, 0.1) is 5.02 Å². The van der Waals surface area contributed by atoms with Gasteiger partial charge in [-0.15, -0.1) is 0 Å². The molecule has 0 unspecified atom stereocenters. The van der Waals surface area contributed by atoms with Crippen LogP contribution in [0.1, 0.15) is 15.9 Å². The summed E-state index contributed by atoms with van der Waals surface area (Å²) >= 11 is 15.5. The minimum absolute atomic E-state index is 0.111. The summed E-state index contributed by atoms with van der Waals surface area (Å²) in [6.07, 6.45) is 0. The van der Waals surface area contributed by atoms with Crippen LogP contribution in [0.3, 0.4) is 0 Å². The molecule has 0 saturated carbocycles. The monoisotopic (exact) mass is 378 g/mol. The van der Waals surface area contributed by atoms with Crippen molar-refractivity contribution in [2.75, 3.05) is 0 Å². The molecule has 4 heteroatoms. The molecule has 0 aliphatic rings. The smallest absolute Gasteiger partial charge is 0.195 e. The maximum absolute atomic E-state index is 12.8. The highest BCUT2D eigenvalue weighted by atomic mass is 79.9. The van der Waals surface area contributed by atoms with Gasteiger partial charge in [0.25, 0.3) is 0 Å². The van der Waals surface area contributed by atoms with Crippen molar-refractivity contribution in [3.05, 3.63) is 80.2 Å². The molecule has 0 heterocycles. The van der Waals surface area contributed by atoms with Crippen molar-refractivity contribution in [2.45, 2.75) is 0 Å². The molecule has 0 bridgehead atoms. The van der Waals surface area contributed by atoms with Crippen molar-refractivity contribution in [3.63, 3.8) is 0 Å². The Labute approximate surface area is 140 Å². The van der Waals surface area contributed by atoms with Gasteiger partial charge >= 0.3 is 0 Å². The minimum Gasteiger partial charge on any atom is -0.289 e. The molecule has 0 aliphatic carbocycles. The Morgan fingerprint density at radius 3 is 2.24 bits per heavy atom. The minimum atomic E-state index is -0.111. The van der Waals surface area contributed by atoms with Crippen LogP contribution in [0.15, 0.2) is 59.1 Å². The zero-order valence-electron chi connectivity index (χ0n) is 10.7. The summed E-state index contributed by atoms with van der Waals surface area (Å²) in [4.78, 5) is 12.8. The van der Waals surface area contributed by atoms with Crippen LogP contribution >= 0.6 is 39.1 Å². The maximum Gasteiger partial charge on any atom is 0.195 e. The van der Waals surface area contributed by atoms with Crippen LogP contribution in [-0.2, 0) is 0 Å². The fourth-order valence-corrected chi connectivity index (χ4v) is 3.25. The van der Waals surface area contributed by atoms with Crippen LogP contribution in [0.4, 0.5) is 0 Å². The highest BCUT2D eigenvalue weighted by molar-refractivity contribution is 9.10. The van der Waals surface area contributed by atoms with E-state index >= 15 is 0 Å². The topological polar surface area (TPSA) is 17.1 Å². The molecule has 0 amide bonds. The molecule has 0 radical (unpaired) electrons. The van der Waals surface area contributed by atoms with E-state index in [0.717, 1.165) is 15.2 Å². The van der Waals surface area contributed by atoms with Crippen molar-refractivity contribution in [1.29, 1.82) is 0 Å². The predicted molar refractivity (Wildman–Crippen MR) is 91.5 cm³/mol. The maximum atomic E-state index is 12.8. The third kappa shape index (κ3) is 2.71. The number of carbonyl (C=O) groups excluding carboxylic acids is 1. The Bertz CT molecular complexity index is 859. The third-order valence-corrected chi connectivity index (χ3v) is 4.53. The first kappa shape index (κ1) is 14.6. The molecular formula is C17H9BrCl2O. The molecule has 0 aliphatic heterocycles. The van der Waals surface area contributed by atoms with Gasteiger partial charge in [-0.1, -0.05) is 63.4 Å². The Morgan fingerprint density at radius 1 is 0.857 bits per heavy atom. The summed E-state index contributed by atoms with van der Waals surface area (Å²) in [6, 6.07) is 16.3.